The third kappa shape index (κ3) is 4.83. The Balaban J connectivity index is 1.60. The number of rotatable bonds is 5. The fourth-order valence-corrected chi connectivity index (χ4v) is 4.49. The molecule has 2 aromatic carbocycles. The van der Waals surface area contributed by atoms with E-state index < -0.39 is 26.8 Å². The molecule has 0 unspecified atom stereocenters. The minimum absolute atomic E-state index is 0.131. The number of carbonyl (C=O) groups is 1. The molecule has 0 fully saturated rings. The van der Waals surface area contributed by atoms with Crippen LogP contribution in [0.5, 0.6) is 5.75 Å². The number of carbonyl (C=O) groups excluding carboxylic acids is 1. The Morgan fingerprint density at radius 1 is 1.12 bits per heavy atom. The molecule has 2 atom stereocenters. The van der Waals surface area contributed by atoms with E-state index in [9.17, 15) is 18.3 Å². The van der Waals surface area contributed by atoms with Crippen molar-refractivity contribution >= 4 is 15.9 Å². The summed E-state index contributed by atoms with van der Waals surface area (Å²) < 4.78 is 32.0. The second-order valence-electron chi connectivity index (χ2n) is 9.39. The van der Waals surface area contributed by atoms with Gasteiger partial charge in [0.1, 0.15) is 5.75 Å². The predicted molar refractivity (Wildman–Crippen MR) is 130 cm³/mol. The van der Waals surface area contributed by atoms with Gasteiger partial charge in [-0.25, -0.2) is 13.1 Å². The standard InChI is InChI=1S/C26H28N2O5S/c1-26(2,3)34(31,32)28-25(30)21-10-5-4-9-20(21)17-11-12-22-23(15-17)33-16-18(24(22)29)14-19-8-6-7-13-27-19/h4-13,15,18,24,29H,14,16H2,1-3H3,(H,28,30)/t18-,24+/m0/s1. The molecule has 178 valence electrons. The van der Waals surface area contributed by atoms with Crippen molar-refractivity contribution in [1.82, 2.24) is 9.71 Å². The van der Waals surface area contributed by atoms with Gasteiger partial charge in [0, 0.05) is 28.9 Å². The second-order valence-corrected chi connectivity index (χ2v) is 11.8. The van der Waals surface area contributed by atoms with Gasteiger partial charge in [-0.3, -0.25) is 9.78 Å². The van der Waals surface area contributed by atoms with Crippen LogP contribution in [0.15, 0.2) is 66.9 Å². The van der Waals surface area contributed by atoms with E-state index in [1.165, 1.54) is 20.8 Å². The van der Waals surface area contributed by atoms with Crippen molar-refractivity contribution < 1.29 is 23.1 Å². The van der Waals surface area contributed by atoms with Crippen molar-refractivity contribution in [2.45, 2.75) is 38.0 Å². The summed E-state index contributed by atoms with van der Waals surface area (Å²) in [6.07, 6.45) is 1.61. The number of pyridine rings is 1. The van der Waals surface area contributed by atoms with Crippen LogP contribution in [0.2, 0.25) is 0 Å². The first kappa shape index (κ1) is 23.9. The highest BCUT2D eigenvalue weighted by molar-refractivity contribution is 7.91. The number of aromatic nitrogens is 1. The Hall–Kier alpha value is -3.23. The number of ether oxygens (including phenoxy) is 1. The summed E-state index contributed by atoms with van der Waals surface area (Å²) in [4.78, 5) is 17.2. The molecule has 2 heterocycles. The highest BCUT2D eigenvalue weighted by Gasteiger charge is 2.32. The molecule has 4 rings (SSSR count). The Bertz CT molecular complexity index is 1300. The average Bonchev–Trinajstić information content (AvgIpc) is 2.80. The minimum atomic E-state index is -3.86. The number of amides is 1. The van der Waals surface area contributed by atoms with Gasteiger partial charge in [0.2, 0.25) is 10.0 Å². The number of hydrogen-bond acceptors (Lipinski definition) is 6. The number of nitrogens with zero attached hydrogens (tertiary/aromatic N) is 1. The van der Waals surface area contributed by atoms with Crippen LogP contribution in [0.1, 0.15) is 48.5 Å². The van der Waals surface area contributed by atoms with Gasteiger partial charge in [0.15, 0.2) is 0 Å². The van der Waals surface area contributed by atoms with Crippen molar-refractivity contribution in [2.24, 2.45) is 5.92 Å². The molecule has 0 aliphatic carbocycles. The third-order valence-electron chi connectivity index (χ3n) is 5.95. The number of sulfonamides is 1. The molecule has 7 nitrogen and oxygen atoms in total. The molecular weight excluding hydrogens is 452 g/mol. The zero-order chi connectivity index (χ0) is 24.5. The summed E-state index contributed by atoms with van der Waals surface area (Å²) in [6, 6.07) is 17.9. The SMILES string of the molecule is CC(C)(C)S(=O)(=O)NC(=O)c1ccccc1-c1ccc2c(c1)OC[C@H](Cc1ccccn1)[C@H]2O. The Kier molecular flexibility index (Phi) is 6.47. The molecule has 1 amide bonds. The zero-order valence-corrected chi connectivity index (χ0v) is 20.2. The van der Waals surface area contributed by atoms with E-state index in [2.05, 4.69) is 9.71 Å². The first-order valence-corrected chi connectivity index (χ1v) is 12.6. The summed E-state index contributed by atoms with van der Waals surface area (Å²) in [5, 5.41) is 11.0. The lowest BCUT2D eigenvalue weighted by Gasteiger charge is -2.30. The van der Waals surface area contributed by atoms with Crippen LogP contribution in [0.25, 0.3) is 11.1 Å². The smallest absolute Gasteiger partial charge is 0.265 e. The molecule has 0 spiro atoms. The van der Waals surface area contributed by atoms with E-state index in [0.717, 1.165) is 5.69 Å². The second kappa shape index (κ2) is 9.19. The highest BCUT2D eigenvalue weighted by Crippen LogP contribution is 2.39. The minimum Gasteiger partial charge on any atom is -0.493 e. The largest absolute Gasteiger partial charge is 0.493 e. The van der Waals surface area contributed by atoms with Gasteiger partial charge >= 0.3 is 0 Å². The van der Waals surface area contributed by atoms with E-state index in [4.69, 9.17) is 4.74 Å². The van der Waals surface area contributed by atoms with Crippen molar-refractivity contribution in [3.63, 3.8) is 0 Å². The van der Waals surface area contributed by atoms with Gasteiger partial charge < -0.3 is 9.84 Å². The summed E-state index contributed by atoms with van der Waals surface area (Å²) in [5.74, 6) is -0.284. The molecule has 0 bridgehead atoms. The number of nitrogens with one attached hydrogen (secondary N) is 1. The van der Waals surface area contributed by atoms with Crippen molar-refractivity contribution in [3.8, 4) is 16.9 Å². The van der Waals surface area contributed by atoms with Crippen molar-refractivity contribution in [2.75, 3.05) is 6.61 Å². The van der Waals surface area contributed by atoms with Crippen LogP contribution < -0.4 is 9.46 Å². The lowest BCUT2D eigenvalue weighted by Crippen LogP contribution is -2.42. The van der Waals surface area contributed by atoms with Crippen LogP contribution in [-0.2, 0) is 16.4 Å². The number of aliphatic hydroxyl groups is 1. The molecule has 0 saturated carbocycles. The summed E-state index contributed by atoms with van der Waals surface area (Å²) in [5.41, 5.74) is 3.06. The van der Waals surface area contributed by atoms with E-state index in [1.807, 2.05) is 18.2 Å². The maximum Gasteiger partial charge on any atom is 0.265 e. The summed E-state index contributed by atoms with van der Waals surface area (Å²) in [6.45, 7) is 4.92. The van der Waals surface area contributed by atoms with Crippen LogP contribution in [-0.4, -0.2) is 35.8 Å². The first-order chi connectivity index (χ1) is 16.1. The van der Waals surface area contributed by atoms with Gasteiger partial charge in [-0.2, -0.15) is 0 Å². The Morgan fingerprint density at radius 3 is 2.56 bits per heavy atom. The maximum atomic E-state index is 12.9. The van der Waals surface area contributed by atoms with Crippen LogP contribution in [0, 0.1) is 5.92 Å². The van der Waals surface area contributed by atoms with Crippen molar-refractivity contribution in [1.29, 1.82) is 0 Å². The molecule has 34 heavy (non-hydrogen) atoms. The van der Waals surface area contributed by atoms with Crippen molar-refractivity contribution in [3.05, 3.63) is 83.7 Å². The van der Waals surface area contributed by atoms with Crippen LogP contribution in [0.3, 0.4) is 0 Å². The lowest BCUT2D eigenvalue weighted by atomic mass is 9.88. The third-order valence-corrected chi connectivity index (χ3v) is 8.01. The van der Waals surface area contributed by atoms with Gasteiger partial charge in [-0.1, -0.05) is 36.4 Å². The Morgan fingerprint density at radius 2 is 1.85 bits per heavy atom. The maximum absolute atomic E-state index is 12.9. The predicted octanol–water partition coefficient (Wildman–Crippen LogP) is 3.89. The summed E-state index contributed by atoms with van der Waals surface area (Å²) in [7, 11) is -3.86. The fraction of sp³-hybridized carbons (Fsp3) is 0.308. The van der Waals surface area contributed by atoms with Gasteiger partial charge in [-0.05, 0) is 62.6 Å². The van der Waals surface area contributed by atoms with Gasteiger partial charge in [0.05, 0.1) is 17.5 Å². The topological polar surface area (TPSA) is 106 Å². The summed E-state index contributed by atoms with van der Waals surface area (Å²) >= 11 is 0. The highest BCUT2D eigenvalue weighted by atomic mass is 32.2. The van der Waals surface area contributed by atoms with E-state index in [-0.39, 0.29) is 11.5 Å². The number of benzene rings is 2. The number of aliphatic hydroxyl groups excluding tert-OH is 1. The molecule has 8 heteroatoms. The fourth-order valence-electron chi connectivity index (χ4n) is 3.83. The van der Waals surface area contributed by atoms with Crippen LogP contribution in [0.4, 0.5) is 0 Å². The lowest BCUT2D eigenvalue weighted by molar-refractivity contribution is 0.0503. The zero-order valence-electron chi connectivity index (χ0n) is 19.4. The van der Waals surface area contributed by atoms with Gasteiger partial charge in [-0.15, -0.1) is 0 Å². The molecule has 1 aromatic heterocycles. The normalized spacial score (nSPS) is 18.0. The Labute approximate surface area is 199 Å². The molecule has 3 aromatic rings. The van der Waals surface area contributed by atoms with Gasteiger partial charge in [0.25, 0.3) is 5.91 Å². The molecule has 2 N–H and O–H groups in total. The molecule has 1 aliphatic rings. The molecular formula is C26H28N2O5S. The van der Waals surface area contributed by atoms with E-state index in [1.54, 1.807) is 48.7 Å². The average molecular weight is 481 g/mol. The van der Waals surface area contributed by atoms with E-state index in [0.29, 0.717) is 35.5 Å². The quantitative estimate of drug-likeness (QED) is 0.574. The monoisotopic (exact) mass is 480 g/mol. The van der Waals surface area contributed by atoms with Crippen LogP contribution >= 0.6 is 0 Å². The van der Waals surface area contributed by atoms with E-state index >= 15 is 0 Å². The first-order valence-electron chi connectivity index (χ1n) is 11.1. The number of hydrogen-bond donors (Lipinski definition) is 2. The number of fused-ring (bicyclic) bond motifs is 1. The molecule has 0 radical (unpaired) electrons. The molecule has 1 aliphatic heterocycles. The molecule has 0 saturated heterocycles.